The van der Waals surface area contributed by atoms with Crippen molar-refractivity contribution in [3.05, 3.63) is 92.5 Å². The minimum absolute atomic E-state index is 0.157. The number of nitrogens with one attached hydrogen (secondary N) is 1. The highest BCUT2D eigenvalue weighted by atomic mass is 19.1. The summed E-state index contributed by atoms with van der Waals surface area (Å²) in [7, 11) is 1.54. The van der Waals surface area contributed by atoms with Crippen LogP contribution in [-0.2, 0) is 4.74 Å². The van der Waals surface area contributed by atoms with E-state index < -0.39 is 34.7 Å². The Morgan fingerprint density at radius 3 is 2.48 bits per heavy atom. The number of benzene rings is 2. The topological polar surface area (TPSA) is 95.2 Å². The minimum atomic E-state index is -0.849. The normalized spacial score (nSPS) is 11.8. The maximum absolute atomic E-state index is 14.4. The largest absolute Gasteiger partial charge is 0.385 e. The molecule has 1 amide bonds. The van der Waals surface area contributed by atoms with E-state index in [9.17, 15) is 18.8 Å². The van der Waals surface area contributed by atoms with E-state index in [-0.39, 0.29) is 12.2 Å². The Balaban J connectivity index is 2.16. The molecule has 1 N–H and O–H groups in total. The summed E-state index contributed by atoms with van der Waals surface area (Å²) in [5, 5.41) is 6.52. The van der Waals surface area contributed by atoms with E-state index in [0.717, 1.165) is 9.25 Å². The van der Waals surface area contributed by atoms with Gasteiger partial charge in [-0.15, -0.1) is 0 Å². The molecule has 3 rings (SSSR count). The Bertz CT molecular complexity index is 1170. The summed E-state index contributed by atoms with van der Waals surface area (Å²) in [5.74, 6) is -1.46. The molecule has 31 heavy (non-hydrogen) atoms. The van der Waals surface area contributed by atoms with Gasteiger partial charge in [-0.25, -0.2) is 13.8 Å². The van der Waals surface area contributed by atoms with Crippen LogP contribution in [0.2, 0.25) is 0 Å². The van der Waals surface area contributed by atoms with Crippen molar-refractivity contribution in [1.29, 1.82) is 0 Å². The predicted molar refractivity (Wildman–Crippen MR) is 113 cm³/mol. The van der Waals surface area contributed by atoms with E-state index in [4.69, 9.17) is 4.74 Å². The summed E-state index contributed by atoms with van der Waals surface area (Å²) in [5.41, 5.74) is -1.67. The number of methoxy groups -OCH3 is 1. The maximum Gasteiger partial charge on any atom is 0.352 e. The Hall–Kier alpha value is -3.59. The Labute approximate surface area is 177 Å². The van der Waals surface area contributed by atoms with Crippen LogP contribution >= 0.6 is 0 Å². The number of ether oxygens (including phenoxy) is 1. The number of nitrogens with zero attached hydrogens (tertiary/aromatic N) is 3. The molecule has 162 valence electrons. The van der Waals surface area contributed by atoms with Crippen LogP contribution < -0.4 is 16.6 Å². The third kappa shape index (κ3) is 4.77. The van der Waals surface area contributed by atoms with Gasteiger partial charge in [0.2, 0.25) is 5.69 Å². The molecule has 0 saturated heterocycles. The third-order valence-electron chi connectivity index (χ3n) is 4.78. The fourth-order valence-electron chi connectivity index (χ4n) is 3.14. The summed E-state index contributed by atoms with van der Waals surface area (Å²) in [6, 6.07) is 13.7. The van der Waals surface area contributed by atoms with E-state index in [2.05, 4.69) is 10.4 Å². The van der Waals surface area contributed by atoms with Gasteiger partial charge >= 0.3 is 5.69 Å². The first kappa shape index (κ1) is 22.1. The molecule has 0 radical (unpaired) electrons. The van der Waals surface area contributed by atoms with Gasteiger partial charge in [-0.05, 0) is 31.0 Å². The van der Waals surface area contributed by atoms with Crippen LogP contribution in [0.1, 0.15) is 35.4 Å². The van der Waals surface area contributed by atoms with Crippen LogP contribution in [0.4, 0.5) is 4.39 Å². The number of carbonyl (C=O) groups is 1. The van der Waals surface area contributed by atoms with Crippen LogP contribution in [0.15, 0.2) is 64.2 Å². The molecule has 1 atom stereocenters. The van der Waals surface area contributed by atoms with E-state index in [0.29, 0.717) is 18.6 Å². The Morgan fingerprint density at radius 1 is 1.13 bits per heavy atom. The number of para-hydroxylation sites is 1. The summed E-state index contributed by atoms with van der Waals surface area (Å²) in [6.07, 6.45) is 0.532. The molecule has 8 nitrogen and oxygen atoms in total. The zero-order chi connectivity index (χ0) is 22.4. The average Bonchev–Trinajstić information content (AvgIpc) is 2.78. The molecular formula is C22H23FN4O4. The van der Waals surface area contributed by atoms with Crippen LogP contribution in [-0.4, -0.2) is 40.5 Å². The van der Waals surface area contributed by atoms with E-state index in [1.165, 1.54) is 31.4 Å². The van der Waals surface area contributed by atoms with Gasteiger partial charge in [-0.3, -0.25) is 9.59 Å². The van der Waals surface area contributed by atoms with Crippen molar-refractivity contribution < 1.29 is 13.9 Å². The number of amides is 1. The van der Waals surface area contributed by atoms with E-state index in [1.807, 2.05) is 6.07 Å². The highest BCUT2D eigenvalue weighted by molar-refractivity contribution is 5.91. The lowest BCUT2D eigenvalue weighted by atomic mass is 10.1. The summed E-state index contributed by atoms with van der Waals surface area (Å²) in [4.78, 5) is 39.0. The second kappa shape index (κ2) is 9.94. The van der Waals surface area contributed by atoms with Gasteiger partial charge in [0.1, 0.15) is 11.5 Å². The molecule has 9 heteroatoms. The van der Waals surface area contributed by atoms with Gasteiger partial charge in [0.25, 0.3) is 11.5 Å². The molecule has 0 aliphatic rings. The van der Waals surface area contributed by atoms with Crippen molar-refractivity contribution in [2.75, 3.05) is 20.3 Å². The first-order valence-electron chi connectivity index (χ1n) is 9.78. The Morgan fingerprint density at radius 2 is 1.81 bits per heavy atom. The van der Waals surface area contributed by atoms with Gasteiger partial charge < -0.3 is 10.1 Å². The van der Waals surface area contributed by atoms with Crippen LogP contribution in [0.3, 0.4) is 0 Å². The van der Waals surface area contributed by atoms with Gasteiger partial charge in [-0.1, -0.05) is 42.5 Å². The van der Waals surface area contributed by atoms with Gasteiger partial charge in [-0.2, -0.15) is 9.78 Å². The molecule has 1 heterocycles. The molecule has 0 aliphatic carbocycles. The van der Waals surface area contributed by atoms with Crippen molar-refractivity contribution in [1.82, 2.24) is 19.7 Å². The van der Waals surface area contributed by atoms with Gasteiger partial charge in [0, 0.05) is 20.3 Å². The van der Waals surface area contributed by atoms with Gasteiger partial charge in [0.15, 0.2) is 0 Å². The quantitative estimate of drug-likeness (QED) is 0.555. The fourth-order valence-corrected chi connectivity index (χ4v) is 3.14. The van der Waals surface area contributed by atoms with Crippen molar-refractivity contribution in [3.8, 4) is 5.69 Å². The Kier molecular flexibility index (Phi) is 7.09. The van der Waals surface area contributed by atoms with Crippen molar-refractivity contribution in [2.24, 2.45) is 0 Å². The molecule has 0 spiro atoms. The lowest BCUT2D eigenvalue weighted by molar-refractivity contribution is 0.0938. The van der Waals surface area contributed by atoms with Gasteiger partial charge in [0.05, 0.1) is 6.04 Å². The minimum Gasteiger partial charge on any atom is -0.385 e. The monoisotopic (exact) mass is 426 g/mol. The second-order valence-corrected chi connectivity index (χ2v) is 6.86. The molecule has 3 aromatic rings. The highest BCUT2D eigenvalue weighted by Gasteiger charge is 2.24. The average molecular weight is 426 g/mol. The first-order chi connectivity index (χ1) is 15.0. The van der Waals surface area contributed by atoms with Crippen LogP contribution in [0.25, 0.3) is 5.69 Å². The molecule has 0 bridgehead atoms. The van der Waals surface area contributed by atoms with Crippen molar-refractivity contribution >= 4 is 5.91 Å². The number of carbonyl (C=O) groups excluding carboxylic acids is 1. The third-order valence-corrected chi connectivity index (χ3v) is 4.78. The van der Waals surface area contributed by atoms with Crippen molar-refractivity contribution in [3.63, 3.8) is 0 Å². The molecule has 0 saturated carbocycles. The number of hydrogen-bond donors (Lipinski definition) is 1. The highest BCUT2D eigenvalue weighted by Crippen LogP contribution is 2.15. The SMILES string of the molecule is COCCCNC(=O)c1nn(-c2ccccc2F)c(=O)n([C@@H](C)c2ccccc2)c1=O. The van der Waals surface area contributed by atoms with Crippen molar-refractivity contribution in [2.45, 2.75) is 19.4 Å². The summed E-state index contributed by atoms with van der Waals surface area (Å²) >= 11 is 0. The molecule has 0 fully saturated rings. The standard InChI is InChI=1S/C22H23FN4O4/c1-15(16-9-4-3-5-10-16)26-21(29)19(20(28)24-13-8-14-31-2)25-27(22(26)30)18-12-7-6-11-17(18)23/h3-7,9-12,15H,8,13-14H2,1-2H3,(H,24,28)/t15-/m0/s1. The molecular weight excluding hydrogens is 403 g/mol. The zero-order valence-corrected chi connectivity index (χ0v) is 17.2. The first-order valence-corrected chi connectivity index (χ1v) is 9.78. The number of hydrogen-bond acceptors (Lipinski definition) is 5. The van der Waals surface area contributed by atoms with Crippen LogP contribution in [0, 0.1) is 5.82 Å². The smallest absolute Gasteiger partial charge is 0.352 e. The lowest BCUT2D eigenvalue weighted by Crippen LogP contribution is -2.47. The molecule has 0 unspecified atom stereocenters. The van der Waals surface area contributed by atoms with E-state index >= 15 is 0 Å². The van der Waals surface area contributed by atoms with E-state index in [1.54, 1.807) is 31.2 Å². The zero-order valence-electron chi connectivity index (χ0n) is 17.2. The summed E-state index contributed by atoms with van der Waals surface area (Å²) < 4.78 is 21.0. The molecule has 0 aliphatic heterocycles. The molecule has 2 aromatic carbocycles. The predicted octanol–water partition coefficient (Wildman–Crippen LogP) is 1.91. The fraction of sp³-hybridized carbons (Fsp3) is 0.273. The lowest BCUT2D eigenvalue weighted by Gasteiger charge is -2.18. The number of halogens is 1. The molecule has 1 aromatic heterocycles. The number of rotatable bonds is 8. The number of aromatic nitrogens is 3. The summed E-state index contributed by atoms with van der Waals surface area (Å²) in [6.45, 7) is 2.34. The van der Waals surface area contributed by atoms with Crippen LogP contribution in [0.5, 0.6) is 0 Å². The maximum atomic E-state index is 14.4. The second-order valence-electron chi connectivity index (χ2n) is 6.86.